The van der Waals surface area contributed by atoms with Crippen molar-refractivity contribution in [1.29, 1.82) is 0 Å². The van der Waals surface area contributed by atoms with E-state index in [1.54, 1.807) is 6.20 Å². The average molecular weight is 442 g/mol. The Morgan fingerprint density at radius 2 is 2.30 bits per heavy atom. The van der Waals surface area contributed by atoms with Crippen LogP contribution >= 0.6 is 47.8 Å². The number of aromatic amines is 1. The lowest BCUT2D eigenvalue weighted by atomic mass is 10.2. The molecule has 0 aliphatic heterocycles. The minimum atomic E-state index is 0.468. The summed E-state index contributed by atoms with van der Waals surface area (Å²) in [5.41, 5.74) is 2.70. The van der Waals surface area contributed by atoms with Gasteiger partial charge in [-0.2, -0.15) is 0 Å². The molecule has 0 unspecified atom stereocenters. The summed E-state index contributed by atoms with van der Waals surface area (Å²) in [7, 11) is 0. The van der Waals surface area contributed by atoms with Crippen LogP contribution in [0.5, 0.6) is 0 Å². The number of nitrogens with zero attached hydrogens (tertiary/aromatic N) is 2. The molecule has 0 amide bonds. The molecule has 3 rings (SSSR count). The predicted octanol–water partition coefficient (Wildman–Crippen LogP) is 4.21. The molecule has 0 saturated heterocycles. The van der Waals surface area contributed by atoms with Crippen LogP contribution < -0.4 is 10.6 Å². The zero-order valence-corrected chi connectivity index (χ0v) is 17.2. The summed E-state index contributed by atoms with van der Waals surface area (Å²) in [6, 6.07) is 5.70. The molecule has 8 nitrogen and oxygen atoms in total. The number of benzene rings is 1. The molecule has 3 aromatic rings. The fraction of sp³-hybridized carbons (Fsp3) is 0.133. The van der Waals surface area contributed by atoms with Crippen LogP contribution in [0.4, 0.5) is 5.13 Å². The Labute approximate surface area is 173 Å². The Morgan fingerprint density at radius 3 is 2.96 bits per heavy atom. The van der Waals surface area contributed by atoms with E-state index in [0.717, 1.165) is 39.0 Å². The van der Waals surface area contributed by atoms with Gasteiger partial charge in [0.15, 0.2) is 15.0 Å². The average Bonchev–Trinajstić information content (AvgIpc) is 3.26. The molecule has 2 heterocycles. The SMILES string of the molecule is Cc1csc(NC(=S)NCc2cc(SOOO)cc(-n3cc[nH]c3=S)c2)n1. The standard InChI is InChI=1S/C15H15N5O3S4/c1-9-8-26-14(18-9)19-13(24)17-7-10-4-11(20-3-2-16-15(20)25)6-12(5-10)27-23-22-21/h2-6,8,21H,7H2,1H3,(H,16,25)(H2,17,18,19,24). The highest BCUT2D eigenvalue weighted by atomic mass is 32.2. The Hall–Kier alpha value is -1.80. The summed E-state index contributed by atoms with van der Waals surface area (Å²) in [6.07, 6.45) is 3.58. The Balaban J connectivity index is 1.74. The summed E-state index contributed by atoms with van der Waals surface area (Å²) in [5, 5.41) is 21.4. The Morgan fingerprint density at radius 1 is 1.44 bits per heavy atom. The second-order valence-corrected chi connectivity index (χ2v) is 7.73. The molecule has 0 aliphatic rings. The van der Waals surface area contributed by atoms with Gasteiger partial charge in [-0.05, 0) is 55.1 Å². The quantitative estimate of drug-likeness (QED) is 0.186. The molecule has 12 heteroatoms. The van der Waals surface area contributed by atoms with E-state index in [1.165, 1.54) is 11.3 Å². The van der Waals surface area contributed by atoms with Gasteiger partial charge in [0.25, 0.3) is 0 Å². The van der Waals surface area contributed by atoms with Crippen molar-refractivity contribution in [3.8, 4) is 5.69 Å². The number of H-pyrrole nitrogens is 1. The third-order valence-corrected chi connectivity index (χ3v) is 5.33. The van der Waals surface area contributed by atoms with Crippen LogP contribution in [0.2, 0.25) is 0 Å². The van der Waals surface area contributed by atoms with Crippen LogP contribution in [0, 0.1) is 11.7 Å². The Bertz CT molecular complexity index is 984. The van der Waals surface area contributed by atoms with Gasteiger partial charge in [-0.25, -0.2) is 10.2 Å². The van der Waals surface area contributed by atoms with Gasteiger partial charge in [-0.15, -0.1) is 15.7 Å². The van der Waals surface area contributed by atoms with E-state index in [4.69, 9.17) is 29.7 Å². The van der Waals surface area contributed by atoms with E-state index in [9.17, 15) is 0 Å². The van der Waals surface area contributed by atoms with Crippen molar-refractivity contribution in [2.24, 2.45) is 0 Å². The maximum Gasteiger partial charge on any atom is 0.189 e. The minimum absolute atomic E-state index is 0.468. The third-order valence-electron chi connectivity index (χ3n) is 3.33. The molecular formula is C15H15N5O3S4. The van der Waals surface area contributed by atoms with Gasteiger partial charge < -0.3 is 15.6 Å². The van der Waals surface area contributed by atoms with Gasteiger partial charge in [0.1, 0.15) is 0 Å². The number of aryl methyl sites for hydroxylation is 1. The lowest BCUT2D eigenvalue weighted by molar-refractivity contribution is -0.432. The molecule has 0 aliphatic carbocycles. The fourth-order valence-electron chi connectivity index (χ4n) is 2.25. The van der Waals surface area contributed by atoms with Crippen LogP contribution in [0.3, 0.4) is 0 Å². The second-order valence-electron chi connectivity index (χ2n) is 5.30. The zero-order valence-electron chi connectivity index (χ0n) is 14.0. The lowest BCUT2D eigenvalue weighted by Crippen LogP contribution is -2.27. The second kappa shape index (κ2) is 9.41. The van der Waals surface area contributed by atoms with Crippen molar-refractivity contribution in [3.05, 3.63) is 52.0 Å². The number of nitrogens with one attached hydrogen (secondary N) is 3. The van der Waals surface area contributed by atoms with Gasteiger partial charge in [0.05, 0.1) is 17.7 Å². The summed E-state index contributed by atoms with van der Waals surface area (Å²) < 4.78 is 6.93. The summed E-state index contributed by atoms with van der Waals surface area (Å²) in [4.78, 5) is 7.99. The van der Waals surface area contributed by atoms with Gasteiger partial charge >= 0.3 is 0 Å². The molecule has 2 aromatic heterocycles. The van der Waals surface area contributed by atoms with Crippen LogP contribution in [0.15, 0.2) is 40.9 Å². The highest BCUT2D eigenvalue weighted by Crippen LogP contribution is 2.25. The first-order valence-electron chi connectivity index (χ1n) is 7.57. The predicted molar refractivity (Wildman–Crippen MR) is 112 cm³/mol. The number of hydrogen-bond acceptors (Lipinski definition) is 8. The smallest absolute Gasteiger partial charge is 0.189 e. The number of rotatable bonds is 7. The number of hydrogen-bond donors (Lipinski definition) is 4. The van der Waals surface area contributed by atoms with Crippen LogP contribution in [0.25, 0.3) is 5.69 Å². The van der Waals surface area contributed by atoms with E-state index in [-0.39, 0.29) is 0 Å². The number of imidazole rings is 1. The molecule has 0 bridgehead atoms. The monoisotopic (exact) mass is 441 g/mol. The zero-order chi connectivity index (χ0) is 19.2. The molecule has 1 aromatic carbocycles. The Kier molecular flexibility index (Phi) is 6.95. The number of aromatic nitrogens is 3. The maximum atomic E-state index is 8.40. The third kappa shape index (κ3) is 5.59. The van der Waals surface area contributed by atoms with Gasteiger partial charge in [0, 0.05) is 34.9 Å². The van der Waals surface area contributed by atoms with Crippen LogP contribution in [-0.2, 0) is 15.9 Å². The lowest BCUT2D eigenvalue weighted by Gasteiger charge is -2.12. The van der Waals surface area contributed by atoms with Crippen molar-refractivity contribution < 1.29 is 14.6 Å². The van der Waals surface area contributed by atoms with Crippen molar-refractivity contribution in [2.45, 2.75) is 18.4 Å². The van der Waals surface area contributed by atoms with E-state index in [2.05, 4.69) is 30.0 Å². The van der Waals surface area contributed by atoms with Gasteiger partial charge in [-0.1, -0.05) is 5.04 Å². The number of thiocarbonyl (C=S) groups is 1. The molecular weight excluding hydrogens is 426 g/mol. The molecule has 0 saturated carbocycles. The van der Waals surface area contributed by atoms with Crippen molar-refractivity contribution in [3.63, 3.8) is 0 Å². The normalized spacial score (nSPS) is 10.7. The van der Waals surface area contributed by atoms with E-state index in [0.29, 0.717) is 16.4 Å². The summed E-state index contributed by atoms with van der Waals surface area (Å²) in [5.74, 6) is 0. The molecule has 142 valence electrons. The largest absolute Gasteiger partial charge is 0.358 e. The first kappa shape index (κ1) is 19.9. The summed E-state index contributed by atoms with van der Waals surface area (Å²) in [6.45, 7) is 2.39. The topological polar surface area (TPSA) is 96.4 Å². The highest BCUT2D eigenvalue weighted by Gasteiger charge is 2.07. The van der Waals surface area contributed by atoms with Crippen molar-refractivity contribution in [1.82, 2.24) is 19.9 Å². The minimum Gasteiger partial charge on any atom is -0.358 e. The van der Waals surface area contributed by atoms with Crippen LogP contribution in [0.1, 0.15) is 11.3 Å². The van der Waals surface area contributed by atoms with Crippen molar-refractivity contribution >= 4 is 58.1 Å². The van der Waals surface area contributed by atoms with Gasteiger partial charge in [-0.3, -0.25) is 4.57 Å². The van der Waals surface area contributed by atoms with Gasteiger partial charge in [0.2, 0.25) is 0 Å². The van der Waals surface area contributed by atoms with E-state index in [1.807, 2.05) is 41.3 Å². The summed E-state index contributed by atoms with van der Waals surface area (Å²) >= 11 is 13.0. The first-order chi connectivity index (χ1) is 13.0. The first-order valence-corrected chi connectivity index (χ1v) is 10.0. The maximum absolute atomic E-state index is 8.40. The molecule has 27 heavy (non-hydrogen) atoms. The van der Waals surface area contributed by atoms with E-state index >= 15 is 0 Å². The van der Waals surface area contributed by atoms with E-state index < -0.39 is 0 Å². The number of anilines is 1. The molecule has 0 atom stereocenters. The van der Waals surface area contributed by atoms with Crippen molar-refractivity contribution in [2.75, 3.05) is 5.32 Å². The fourth-order valence-corrected chi connectivity index (χ4v) is 3.88. The molecule has 0 radical (unpaired) electrons. The molecule has 4 N–H and O–H groups in total. The highest BCUT2D eigenvalue weighted by molar-refractivity contribution is 7.94. The molecule has 0 spiro atoms. The molecule has 0 fully saturated rings. The number of thiazole rings is 1. The van der Waals surface area contributed by atoms with Crippen LogP contribution in [-0.4, -0.2) is 24.9 Å².